The lowest BCUT2D eigenvalue weighted by atomic mass is 10.1. The number of carbonyl (C=O) groups is 2. The Kier molecular flexibility index (Phi) is 7.89. The Morgan fingerprint density at radius 2 is 1.69 bits per heavy atom. The Morgan fingerprint density at radius 1 is 1.06 bits per heavy atom. The molecule has 0 saturated heterocycles. The number of nitrogens with one attached hydrogen (secondary N) is 1. The molecular formula is C21H24F3N3O4S. The third kappa shape index (κ3) is 6.46. The number of nitrogens with zero attached hydrogens (tertiary/aromatic N) is 2. The van der Waals surface area contributed by atoms with Crippen molar-refractivity contribution in [2.75, 3.05) is 24.2 Å². The van der Waals surface area contributed by atoms with Crippen molar-refractivity contribution in [1.82, 2.24) is 10.2 Å². The minimum Gasteiger partial charge on any atom is -0.357 e. The summed E-state index contributed by atoms with van der Waals surface area (Å²) in [6.45, 7) is 0.720. The van der Waals surface area contributed by atoms with Crippen LogP contribution < -0.4 is 9.62 Å². The van der Waals surface area contributed by atoms with E-state index in [0.717, 1.165) is 18.4 Å². The van der Waals surface area contributed by atoms with Gasteiger partial charge in [0.05, 0.1) is 17.5 Å². The summed E-state index contributed by atoms with van der Waals surface area (Å²) < 4.78 is 64.6. The number of sulfonamides is 1. The van der Waals surface area contributed by atoms with E-state index in [1.807, 2.05) is 0 Å². The highest BCUT2D eigenvalue weighted by Gasteiger charge is 2.33. The minimum atomic E-state index is -4.68. The van der Waals surface area contributed by atoms with Gasteiger partial charge in [0.2, 0.25) is 21.8 Å². The Balaban J connectivity index is 2.41. The zero-order chi connectivity index (χ0) is 24.1. The molecular weight excluding hydrogens is 447 g/mol. The number of anilines is 1. The molecule has 0 unspecified atom stereocenters. The smallest absolute Gasteiger partial charge is 0.357 e. The van der Waals surface area contributed by atoms with Crippen molar-refractivity contribution in [3.63, 3.8) is 0 Å². The van der Waals surface area contributed by atoms with E-state index in [9.17, 15) is 31.2 Å². The van der Waals surface area contributed by atoms with E-state index in [0.29, 0.717) is 15.9 Å². The predicted molar refractivity (Wildman–Crippen MR) is 114 cm³/mol. The molecule has 0 aliphatic heterocycles. The number of carbonyl (C=O) groups excluding carboxylic acids is 2. The standard InChI is InChI=1S/C21H24F3N3O4S/c1-15(20(29)25-2)26(13-16-8-5-4-6-9-16)19(28)14-27(32(3,30)31)18-11-7-10-17(12-18)21(22,23)24/h4-12,15H,13-14H2,1-3H3,(H,25,29)/t15-/m0/s1. The molecule has 2 rings (SSSR count). The summed E-state index contributed by atoms with van der Waals surface area (Å²) >= 11 is 0. The normalized spacial score (nSPS) is 12.7. The molecule has 0 heterocycles. The quantitative estimate of drug-likeness (QED) is 0.641. The summed E-state index contributed by atoms with van der Waals surface area (Å²) in [5.74, 6) is -1.22. The molecule has 11 heteroatoms. The summed E-state index contributed by atoms with van der Waals surface area (Å²) in [4.78, 5) is 26.5. The number of halogens is 3. The number of hydrogen-bond donors (Lipinski definition) is 1. The molecule has 0 fully saturated rings. The molecule has 2 aromatic carbocycles. The van der Waals surface area contributed by atoms with Gasteiger partial charge < -0.3 is 10.2 Å². The monoisotopic (exact) mass is 471 g/mol. The molecule has 2 aromatic rings. The summed E-state index contributed by atoms with van der Waals surface area (Å²) in [7, 11) is -2.72. The van der Waals surface area contributed by atoms with Gasteiger partial charge in [-0.2, -0.15) is 13.2 Å². The zero-order valence-electron chi connectivity index (χ0n) is 17.8. The second-order valence-electron chi connectivity index (χ2n) is 7.12. The maximum atomic E-state index is 13.1. The number of hydrogen-bond acceptors (Lipinski definition) is 4. The average Bonchev–Trinajstić information content (AvgIpc) is 2.74. The highest BCUT2D eigenvalue weighted by molar-refractivity contribution is 7.92. The molecule has 1 atom stereocenters. The zero-order valence-corrected chi connectivity index (χ0v) is 18.6. The molecule has 0 spiro atoms. The molecule has 1 N–H and O–H groups in total. The predicted octanol–water partition coefficient (Wildman–Crippen LogP) is 2.63. The van der Waals surface area contributed by atoms with Crippen molar-refractivity contribution in [2.24, 2.45) is 0 Å². The third-order valence-electron chi connectivity index (χ3n) is 4.75. The Bertz CT molecular complexity index is 1060. The van der Waals surface area contributed by atoms with Gasteiger partial charge >= 0.3 is 6.18 Å². The van der Waals surface area contributed by atoms with Crippen LogP contribution in [0.3, 0.4) is 0 Å². The van der Waals surface area contributed by atoms with Gasteiger partial charge in [0, 0.05) is 13.6 Å². The van der Waals surface area contributed by atoms with Gasteiger partial charge in [-0.25, -0.2) is 8.42 Å². The third-order valence-corrected chi connectivity index (χ3v) is 5.89. The first kappa shape index (κ1) is 25.2. The Hall–Kier alpha value is -3.08. The molecule has 0 aromatic heterocycles. The van der Waals surface area contributed by atoms with Crippen LogP contribution in [0.2, 0.25) is 0 Å². The van der Waals surface area contributed by atoms with Crippen LogP contribution in [0.15, 0.2) is 54.6 Å². The van der Waals surface area contributed by atoms with E-state index in [2.05, 4.69) is 5.32 Å². The summed E-state index contributed by atoms with van der Waals surface area (Å²) in [6, 6.07) is 11.5. The first-order chi connectivity index (χ1) is 14.8. The van der Waals surface area contributed by atoms with E-state index in [1.54, 1.807) is 30.3 Å². The van der Waals surface area contributed by atoms with Crippen LogP contribution in [0.5, 0.6) is 0 Å². The van der Waals surface area contributed by atoms with Crippen LogP contribution in [0, 0.1) is 0 Å². The van der Waals surface area contributed by atoms with Gasteiger partial charge in [-0.3, -0.25) is 13.9 Å². The number of alkyl halides is 3. The summed E-state index contributed by atoms with van der Waals surface area (Å²) in [5, 5.41) is 2.44. The second kappa shape index (κ2) is 10.0. The van der Waals surface area contributed by atoms with Gasteiger partial charge in [0.1, 0.15) is 12.6 Å². The SMILES string of the molecule is CNC(=O)[C@H](C)N(Cc1ccccc1)C(=O)CN(c1cccc(C(F)(F)F)c1)S(C)(=O)=O. The highest BCUT2D eigenvalue weighted by atomic mass is 32.2. The van der Waals surface area contributed by atoms with Crippen LogP contribution in [0.4, 0.5) is 18.9 Å². The fraction of sp³-hybridized carbons (Fsp3) is 0.333. The first-order valence-corrected chi connectivity index (χ1v) is 11.4. The number of benzene rings is 2. The maximum absolute atomic E-state index is 13.1. The molecule has 0 bridgehead atoms. The van der Waals surface area contributed by atoms with Crippen molar-refractivity contribution in [3.8, 4) is 0 Å². The van der Waals surface area contributed by atoms with Gasteiger partial charge in [-0.1, -0.05) is 36.4 Å². The Labute approximate surface area is 184 Å². The molecule has 0 aliphatic rings. The van der Waals surface area contributed by atoms with Gasteiger partial charge in [-0.15, -0.1) is 0 Å². The van der Waals surface area contributed by atoms with E-state index in [1.165, 1.54) is 24.9 Å². The molecule has 0 saturated carbocycles. The second-order valence-corrected chi connectivity index (χ2v) is 9.02. The maximum Gasteiger partial charge on any atom is 0.416 e. The fourth-order valence-electron chi connectivity index (χ4n) is 3.02. The van der Waals surface area contributed by atoms with Crippen molar-refractivity contribution in [2.45, 2.75) is 25.7 Å². The average molecular weight is 472 g/mol. The summed E-state index contributed by atoms with van der Waals surface area (Å²) in [6.07, 6.45) is -3.89. The lowest BCUT2D eigenvalue weighted by molar-refractivity contribution is -0.139. The molecule has 174 valence electrons. The first-order valence-electron chi connectivity index (χ1n) is 9.54. The number of likely N-dealkylation sites (N-methyl/N-ethyl adjacent to an activating group) is 1. The van der Waals surface area contributed by atoms with Gasteiger partial charge in [0.25, 0.3) is 0 Å². The number of rotatable bonds is 8. The van der Waals surface area contributed by atoms with Crippen molar-refractivity contribution < 1.29 is 31.2 Å². The van der Waals surface area contributed by atoms with Crippen LogP contribution in [-0.4, -0.2) is 51.0 Å². The lowest BCUT2D eigenvalue weighted by Crippen LogP contribution is -2.50. The topological polar surface area (TPSA) is 86.8 Å². The molecule has 0 aliphatic carbocycles. The van der Waals surface area contributed by atoms with E-state index < -0.39 is 46.2 Å². The highest BCUT2D eigenvalue weighted by Crippen LogP contribution is 2.32. The van der Waals surface area contributed by atoms with Crippen LogP contribution in [0.25, 0.3) is 0 Å². The molecule has 2 amide bonds. The van der Waals surface area contributed by atoms with E-state index in [-0.39, 0.29) is 12.2 Å². The van der Waals surface area contributed by atoms with Crippen LogP contribution in [-0.2, 0) is 32.3 Å². The number of amides is 2. The van der Waals surface area contributed by atoms with Crippen LogP contribution >= 0.6 is 0 Å². The van der Waals surface area contributed by atoms with Crippen molar-refractivity contribution in [1.29, 1.82) is 0 Å². The molecule has 7 nitrogen and oxygen atoms in total. The minimum absolute atomic E-state index is 0.00839. The lowest BCUT2D eigenvalue weighted by Gasteiger charge is -2.31. The van der Waals surface area contributed by atoms with Gasteiger partial charge in [-0.05, 0) is 30.7 Å². The van der Waals surface area contributed by atoms with E-state index in [4.69, 9.17) is 0 Å². The van der Waals surface area contributed by atoms with Crippen LogP contribution in [0.1, 0.15) is 18.1 Å². The van der Waals surface area contributed by atoms with Crippen molar-refractivity contribution >= 4 is 27.5 Å². The molecule has 0 radical (unpaired) electrons. The molecule has 32 heavy (non-hydrogen) atoms. The Morgan fingerprint density at radius 3 is 2.22 bits per heavy atom. The largest absolute Gasteiger partial charge is 0.416 e. The van der Waals surface area contributed by atoms with Gasteiger partial charge in [0.15, 0.2) is 0 Å². The fourth-order valence-corrected chi connectivity index (χ4v) is 3.86. The van der Waals surface area contributed by atoms with Crippen molar-refractivity contribution in [3.05, 3.63) is 65.7 Å². The van der Waals surface area contributed by atoms with E-state index >= 15 is 0 Å². The summed E-state index contributed by atoms with van der Waals surface area (Å²) in [5.41, 5.74) is -0.652.